The molecule has 0 spiro atoms. The Kier molecular flexibility index (Phi) is 7.80. The number of hydrogen-bond donors (Lipinski definition) is 1. The monoisotopic (exact) mass is 470 g/mol. The number of carbonyl (C=O) groups excluding carboxylic acids is 2. The van der Waals surface area contributed by atoms with Crippen LogP contribution in [0.4, 0.5) is 0 Å². The number of hydrogen-bond acceptors (Lipinski definition) is 6. The maximum atomic E-state index is 13.3. The molecule has 2 aliphatic rings. The number of amides is 1. The van der Waals surface area contributed by atoms with E-state index in [2.05, 4.69) is 0 Å². The molecule has 1 aromatic heterocycles. The number of Topliss-reactive ketones (excluding diaryl/α,β-unsaturated/α-hetero) is 1. The third-order valence-electron chi connectivity index (χ3n) is 6.07. The van der Waals surface area contributed by atoms with E-state index in [0.717, 1.165) is 57.0 Å². The molecule has 4 rings (SSSR count). The van der Waals surface area contributed by atoms with Crippen LogP contribution in [-0.4, -0.2) is 62.6 Å². The van der Waals surface area contributed by atoms with Crippen molar-refractivity contribution in [3.63, 3.8) is 0 Å². The van der Waals surface area contributed by atoms with Gasteiger partial charge in [-0.1, -0.05) is 25.1 Å². The van der Waals surface area contributed by atoms with Crippen LogP contribution in [0.5, 0.6) is 5.75 Å². The van der Waals surface area contributed by atoms with Gasteiger partial charge in [-0.3, -0.25) is 9.59 Å². The van der Waals surface area contributed by atoms with Crippen molar-refractivity contribution in [2.45, 2.75) is 25.8 Å². The zero-order chi connectivity index (χ0) is 23.2. The molecule has 0 saturated carbocycles. The second-order valence-corrected chi connectivity index (χ2v) is 9.28. The highest BCUT2D eigenvalue weighted by molar-refractivity contribution is 7.12. The lowest BCUT2D eigenvalue weighted by Crippen LogP contribution is -3.14. The maximum Gasteiger partial charge on any atom is 0.239 e. The van der Waals surface area contributed by atoms with Crippen molar-refractivity contribution in [1.29, 1.82) is 0 Å². The van der Waals surface area contributed by atoms with Gasteiger partial charge in [0.05, 0.1) is 37.3 Å². The number of morpholine rings is 1. The lowest BCUT2D eigenvalue weighted by atomic mass is 9.95. The minimum absolute atomic E-state index is 0.0448. The van der Waals surface area contributed by atoms with Gasteiger partial charge in [0.15, 0.2) is 0 Å². The summed E-state index contributed by atoms with van der Waals surface area (Å²) >= 11 is 1.28. The van der Waals surface area contributed by atoms with E-state index in [9.17, 15) is 14.7 Å². The van der Waals surface area contributed by atoms with E-state index in [-0.39, 0.29) is 11.4 Å². The maximum absolute atomic E-state index is 13.3. The Morgan fingerprint density at radius 2 is 2.00 bits per heavy atom. The first-order chi connectivity index (χ1) is 16.1. The van der Waals surface area contributed by atoms with E-state index in [1.54, 1.807) is 22.4 Å². The van der Waals surface area contributed by atoms with Crippen LogP contribution in [0.3, 0.4) is 0 Å². The molecular weight excluding hydrogens is 440 g/mol. The summed E-state index contributed by atoms with van der Waals surface area (Å²) in [6, 6.07) is 10.2. The summed E-state index contributed by atoms with van der Waals surface area (Å²) in [4.78, 5) is 29.8. The SMILES string of the molecule is CCCOc1ccc(C2C(C(=O)c3cccs3)=C([O-])C(=O)N2CCC[NH+]2CCOCC2)cc1. The Labute approximate surface area is 198 Å². The zero-order valence-electron chi connectivity index (χ0n) is 18.9. The molecule has 1 unspecified atom stereocenters. The van der Waals surface area contributed by atoms with E-state index in [1.165, 1.54) is 16.2 Å². The minimum atomic E-state index is -0.691. The van der Waals surface area contributed by atoms with Crippen molar-refractivity contribution in [2.24, 2.45) is 0 Å². The Morgan fingerprint density at radius 1 is 1.24 bits per heavy atom. The molecule has 8 heteroatoms. The average Bonchev–Trinajstić information content (AvgIpc) is 3.47. The molecule has 1 aromatic carbocycles. The predicted octanol–water partition coefficient (Wildman–Crippen LogP) is 1.22. The highest BCUT2D eigenvalue weighted by Crippen LogP contribution is 2.39. The molecule has 1 fully saturated rings. The van der Waals surface area contributed by atoms with E-state index < -0.39 is 17.7 Å². The Hall–Kier alpha value is -2.68. The van der Waals surface area contributed by atoms with Crippen LogP contribution in [0.1, 0.15) is 41.0 Å². The molecule has 0 bridgehead atoms. The highest BCUT2D eigenvalue weighted by atomic mass is 32.1. The van der Waals surface area contributed by atoms with Gasteiger partial charge < -0.3 is 24.4 Å². The Bertz CT molecular complexity index is 981. The molecule has 2 aromatic rings. The molecule has 1 atom stereocenters. The van der Waals surface area contributed by atoms with Crippen molar-refractivity contribution in [2.75, 3.05) is 46.0 Å². The van der Waals surface area contributed by atoms with Gasteiger partial charge in [0, 0.05) is 18.5 Å². The first-order valence-corrected chi connectivity index (χ1v) is 12.4. The predicted molar refractivity (Wildman–Crippen MR) is 123 cm³/mol. The van der Waals surface area contributed by atoms with Crippen molar-refractivity contribution in [3.05, 3.63) is 63.6 Å². The van der Waals surface area contributed by atoms with Crippen molar-refractivity contribution < 1.29 is 29.1 Å². The van der Waals surface area contributed by atoms with Crippen LogP contribution in [0.15, 0.2) is 53.1 Å². The number of thiophene rings is 1. The lowest BCUT2D eigenvalue weighted by Gasteiger charge is -2.29. The summed E-state index contributed by atoms with van der Waals surface area (Å²) < 4.78 is 11.1. The third kappa shape index (κ3) is 5.29. The van der Waals surface area contributed by atoms with Crippen molar-refractivity contribution >= 4 is 23.0 Å². The summed E-state index contributed by atoms with van der Waals surface area (Å²) in [5.74, 6) is -0.919. The Morgan fingerprint density at radius 3 is 2.67 bits per heavy atom. The largest absolute Gasteiger partial charge is 0.868 e. The number of rotatable bonds is 10. The van der Waals surface area contributed by atoms with Gasteiger partial charge in [-0.15, -0.1) is 11.3 Å². The van der Waals surface area contributed by atoms with E-state index >= 15 is 0 Å². The Balaban J connectivity index is 1.58. The number of nitrogens with one attached hydrogen (secondary N) is 1. The lowest BCUT2D eigenvalue weighted by molar-refractivity contribution is -0.908. The number of ether oxygens (including phenoxy) is 2. The fourth-order valence-corrected chi connectivity index (χ4v) is 5.04. The smallest absolute Gasteiger partial charge is 0.239 e. The van der Waals surface area contributed by atoms with Crippen molar-refractivity contribution in [3.8, 4) is 5.75 Å². The summed E-state index contributed by atoms with van der Waals surface area (Å²) in [5.41, 5.74) is 0.792. The first kappa shape index (κ1) is 23.5. The summed E-state index contributed by atoms with van der Waals surface area (Å²) in [5, 5.41) is 14.8. The molecule has 1 amide bonds. The quantitative estimate of drug-likeness (QED) is 0.528. The number of ketones is 1. The normalized spacial score (nSPS) is 19.4. The van der Waals surface area contributed by atoms with Gasteiger partial charge in [0.2, 0.25) is 11.7 Å². The molecule has 2 aliphatic heterocycles. The average molecular weight is 471 g/mol. The van der Waals surface area contributed by atoms with Gasteiger partial charge in [0.1, 0.15) is 18.8 Å². The van der Waals surface area contributed by atoms with Gasteiger partial charge >= 0.3 is 0 Å². The minimum Gasteiger partial charge on any atom is -0.868 e. The van der Waals surface area contributed by atoms with Crippen LogP contribution in [0.2, 0.25) is 0 Å². The van der Waals surface area contributed by atoms with Crippen molar-refractivity contribution in [1.82, 2.24) is 4.90 Å². The topological polar surface area (TPSA) is 83.3 Å². The van der Waals surface area contributed by atoms with Gasteiger partial charge in [0.25, 0.3) is 0 Å². The molecule has 1 saturated heterocycles. The van der Waals surface area contributed by atoms with Gasteiger partial charge in [-0.2, -0.15) is 0 Å². The molecule has 176 valence electrons. The fourth-order valence-electron chi connectivity index (χ4n) is 4.36. The van der Waals surface area contributed by atoms with E-state index in [4.69, 9.17) is 9.47 Å². The zero-order valence-corrected chi connectivity index (χ0v) is 19.7. The number of benzene rings is 1. The fraction of sp³-hybridized carbons (Fsp3) is 0.440. The molecule has 1 N–H and O–H groups in total. The van der Waals surface area contributed by atoms with Crippen LogP contribution in [0, 0.1) is 0 Å². The van der Waals surface area contributed by atoms with E-state index in [1.807, 2.05) is 31.2 Å². The molecule has 0 aliphatic carbocycles. The second-order valence-electron chi connectivity index (χ2n) is 8.33. The van der Waals surface area contributed by atoms with Crippen LogP contribution < -0.4 is 14.7 Å². The molecule has 3 heterocycles. The van der Waals surface area contributed by atoms with E-state index in [0.29, 0.717) is 18.0 Å². The number of quaternary nitrogens is 1. The molecular formula is C25H30N2O5S. The third-order valence-corrected chi connectivity index (χ3v) is 6.94. The number of nitrogens with zero attached hydrogens (tertiary/aromatic N) is 1. The van der Waals surface area contributed by atoms with Crippen LogP contribution >= 0.6 is 11.3 Å². The number of carbonyl (C=O) groups is 2. The molecule has 7 nitrogen and oxygen atoms in total. The van der Waals surface area contributed by atoms with Crippen LogP contribution in [-0.2, 0) is 9.53 Å². The molecule has 0 radical (unpaired) electrons. The van der Waals surface area contributed by atoms with Gasteiger partial charge in [-0.05, 0) is 41.3 Å². The standard InChI is InChI=1S/C25H30N2O5S/c1-2-14-32-19-8-6-18(7-9-19)22-21(23(28)20-5-3-17-33-20)24(29)25(30)27(22)11-4-10-26-12-15-31-16-13-26/h3,5-9,17,22,29H,2,4,10-16H2,1H3. The highest BCUT2D eigenvalue weighted by Gasteiger charge is 2.39. The second kappa shape index (κ2) is 11.0. The van der Waals surface area contributed by atoms with Gasteiger partial charge in [-0.25, -0.2) is 0 Å². The summed E-state index contributed by atoms with van der Waals surface area (Å²) in [7, 11) is 0. The summed E-state index contributed by atoms with van der Waals surface area (Å²) in [6.07, 6.45) is 1.66. The first-order valence-electron chi connectivity index (χ1n) is 11.5. The van der Waals surface area contributed by atoms with Crippen LogP contribution in [0.25, 0.3) is 0 Å². The summed E-state index contributed by atoms with van der Waals surface area (Å²) in [6.45, 7) is 7.37. The molecule has 33 heavy (non-hydrogen) atoms.